The first-order chi connectivity index (χ1) is 18.6. The zero-order valence-corrected chi connectivity index (χ0v) is 22.4. The molecule has 0 radical (unpaired) electrons. The van der Waals surface area contributed by atoms with E-state index in [9.17, 15) is 4.79 Å². The lowest BCUT2D eigenvalue weighted by atomic mass is 10.1. The topological polar surface area (TPSA) is 80.9 Å². The van der Waals surface area contributed by atoms with Crippen LogP contribution in [0.4, 0.5) is 5.69 Å². The van der Waals surface area contributed by atoms with Gasteiger partial charge in [0.2, 0.25) is 5.88 Å². The Labute approximate surface area is 225 Å². The molecule has 1 atom stereocenters. The zero-order valence-electron chi connectivity index (χ0n) is 22.4. The first-order valence-electron chi connectivity index (χ1n) is 13.5. The van der Waals surface area contributed by atoms with Gasteiger partial charge in [0.25, 0.3) is 5.91 Å². The summed E-state index contributed by atoms with van der Waals surface area (Å²) in [4.78, 5) is 21.7. The van der Waals surface area contributed by atoms with E-state index < -0.39 is 5.91 Å². The first-order valence-corrected chi connectivity index (χ1v) is 13.5. The molecular formula is C31H38N4O3. The number of anilines is 1. The van der Waals surface area contributed by atoms with E-state index in [1.807, 2.05) is 42.5 Å². The lowest BCUT2D eigenvalue weighted by Crippen LogP contribution is -2.38. The maximum atomic E-state index is 12.3. The maximum absolute atomic E-state index is 12.3. The molecule has 1 amide bonds. The van der Waals surface area contributed by atoms with Crippen LogP contribution in [0.1, 0.15) is 49.9 Å². The van der Waals surface area contributed by atoms with Crippen LogP contribution in [-0.2, 0) is 0 Å². The highest BCUT2D eigenvalue weighted by atomic mass is 16.5. The highest BCUT2D eigenvalue weighted by Crippen LogP contribution is 2.31. The molecule has 4 rings (SSSR count). The van der Waals surface area contributed by atoms with Gasteiger partial charge < -0.3 is 20.1 Å². The summed E-state index contributed by atoms with van der Waals surface area (Å²) in [5.41, 5.74) is 6.89. The van der Waals surface area contributed by atoms with Crippen LogP contribution in [0.3, 0.4) is 0 Å². The SMILES string of the molecule is C/C=C/CN(CCCCC)C1CCN(c2cnc(Oc3ccc(Oc4ccccc4)cc3)c(C(N)=O)c2)C1. The Balaban J connectivity index is 1.43. The number of nitrogens with zero attached hydrogens (tertiary/aromatic N) is 3. The van der Waals surface area contributed by atoms with E-state index in [0.29, 0.717) is 17.5 Å². The van der Waals surface area contributed by atoms with Crippen LogP contribution >= 0.6 is 0 Å². The lowest BCUT2D eigenvalue weighted by Gasteiger charge is -2.28. The van der Waals surface area contributed by atoms with Crippen molar-refractivity contribution >= 4 is 11.6 Å². The van der Waals surface area contributed by atoms with Crippen molar-refractivity contribution in [2.75, 3.05) is 31.1 Å². The number of para-hydroxylation sites is 1. The fourth-order valence-electron chi connectivity index (χ4n) is 4.69. The summed E-state index contributed by atoms with van der Waals surface area (Å²) >= 11 is 0. The first kappa shape index (κ1) is 27.2. The van der Waals surface area contributed by atoms with E-state index >= 15 is 0 Å². The molecule has 1 saturated heterocycles. The zero-order chi connectivity index (χ0) is 26.7. The largest absolute Gasteiger partial charge is 0.457 e. The fraction of sp³-hybridized carbons (Fsp3) is 0.355. The highest BCUT2D eigenvalue weighted by molar-refractivity contribution is 5.96. The van der Waals surface area contributed by atoms with Crippen LogP contribution in [-0.4, -0.2) is 48.0 Å². The smallest absolute Gasteiger partial charge is 0.254 e. The number of carbonyl (C=O) groups is 1. The molecule has 2 aromatic carbocycles. The van der Waals surface area contributed by atoms with Gasteiger partial charge in [0.05, 0.1) is 11.9 Å². The molecule has 1 unspecified atom stereocenters. The van der Waals surface area contributed by atoms with E-state index in [0.717, 1.165) is 44.0 Å². The van der Waals surface area contributed by atoms with Gasteiger partial charge in [-0.25, -0.2) is 4.98 Å². The molecule has 2 N–H and O–H groups in total. The molecule has 0 aliphatic carbocycles. The fourth-order valence-corrected chi connectivity index (χ4v) is 4.69. The number of nitrogens with two attached hydrogens (primary N) is 1. The second-order valence-electron chi connectivity index (χ2n) is 9.56. The van der Waals surface area contributed by atoms with Gasteiger partial charge in [-0.2, -0.15) is 0 Å². The van der Waals surface area contributed by atoms with Crippen LogP contribution in [0.15, 0.2) is 79.0 Å². The predicted octanol–water partition coefficient (Wildman–Crippen LogP) is 6.41. The molecule has 2 heterocycles. The number of primary amides is 1. The minimum atomic E-state index is -0.566. The van der Waals surface area contributed by atoms with Gasteiger partial charge in [0.15, 0.2) is 0 Å². The average molecular weight is 515 g/mol. The van der Waals surface area contributed by atoms with Crippen LogP contribution < -0.4 is 20.1 Å². The number of allylic oxidation sites excluding steroid dienone is 1. The Bertz CT molecular complexity index is 1200. The van der Waals surface area contributed by atoms with E-state index in [1.54, 1.807) is 24.4 Å². The van der Waals surface area contributed by atoms with Crippen molar-refractivity contribution < 1.29 is 14.3 Å². The van der Waals surface area contributed by atoms with E-state index in [1.165, 1.54) is 19.3 Å². The Hall–Kier alpha value is -3.84. The Morgan fingerprint density at radius 1 is 1.08 bits per heavy atom. The summed E-state index contributed by atoms with van der Waals surface area (Å²) in [6.07, 6.45) is 10.9. The van der Waals surface area contributed by atoms with Gasteiger partial charge in [-0.15, -0.1) is 0 Å². The molecule has 1 aliphatic rings. The Morgan fingerprint density at radius 2 is 1.79 bits per heavy atom. The summed E-state index contributed by atoms with van der Waals surface area (Å²) in [5.74, 6) is 1.61. The second kappa shape index (κ2) is 13.6. The van der Waals surface area contributed by atoms with Crippen molar-refractivity contribution in [1.29, 1.82) is 0 Å². The number of hydrogen-bond acceptors (Lipinski definition) is 6. The second-order valence-corrected chi connectivity index (χ2v) is 9.56. The molecule has 38 heavy (non-hydrogen) atoms. The lowest BCUT2D eigenvalue weighted by molar-refractivity contribution is 0.0997. The number of rotatable bonds is 13. The minimum absolute atomic E-state index is 0.197. The summed E-state index contributed by atoms with van der Waals surface area (Å²) in [6.45, 7) is 8.17. The molecule has 200 valence electrons. The molecule has 0 saturated carbocycles. The van der Waals surface area contributed by atoms with Crippen molar-refractivity contribution in [1.82, 2.24) is 9.88 Å². The Kier molecular flexibility index (Phi) is 9.76. The van der Waals surface area contributed by atoms with Crippen LogP contribution in [0.2, 0.25) is 0 Å². The third kappa shape index (κ3) is 7.35. The number of aromatic nitrogens is 1. The third-order valence-electron chi connectivity index (χ3n) is 6.79. The summed E-state index contributed by atoms with van der Waals surface area (Å²) in [6, 6.07) is 19.0. The predicted molar refractivity (Wildman–Crippen MR) is 152 cm³/mol. The molecule has 7 nitrogen and oxygen atoms in total. The number of amides is 1. The molecule has 1 aromatic heterocycles. The molecule has 7 heteroatoms. The van der Waals surface area contributed by atoms with Crippen molar-refractivity contribution in [2.24, 2.45) is 5.73 Å². The van der Waals surface area contributed by atoms with E-state index in [-0.39, 0.29) is 11.4 Å². The summed E-state index contributed by atoms with van der Waals surface area (Å²) in [7, 11) is 0. The van der Waals surface area contributed by atoms with Crippen molar-refractivity contribution in [3.63, 3.8) is 0 Å². The molecule has 0 spiro atoms. The Morgan fingerprint density at radius 3 is 2.47 bits per heavy atom. The highest BCUT2D eigenvalue weighted by Gasteiger charge is 2.28. The van der Waals surface area contributed by atoms with Crippen LogP contribution in [0.25, 0.3) is 0 Å². The molecular weight excluding hydrogens is 476 g/mol. The standard InChI is InChI=1S/C31H38N4O3/c1-3-5-10-19-34(18-6-4-2)24-17-20-35(23-24)25-21-29(30(32)36)31(33-22-25)38-28-15-13-27(14-16-28)37-26-11-8-7-9-12-26/h4,6-9,11-16,21-22,24H,3,5,10,17-20,23H2,1-2H3,(H2,32,36)/b6-4+. The van der Waals surface area contributed by atoms with Crippen molar-refractivity contribution in [2.45, 2.75) is 45.6 Å². The average Bonchev–Trinajstić information content (AvgIpc) is 3.43. The number of carbonyl (C=O) groups excluding carboxylic acids is 1. The summed E-state index contributed by atoms with van der Waals surface area (Å²) in [5, 5.41) is 0. The molecule has 1 fully saturated rings. The molecule has 0 bridgehead atoms. The van der Waals surface area contributed by atoms with Crippen molar-refractivity contribution in [3.8, 4) is 23.1 Å². The number of benzene rings is 2. The number of hydrogen-bond donors (Lipinski definition) is 1. The van der Waals surface area contributed by atoms with Crippen molar-refractivity contribution in [3.05, 3.63) is 84.6 Å². The van der Waals surface area contributed by atoms with Gasteiger partial charge in [0.1, 0.15) is 22.8 Å². The number of unbranched alkanes of at least 4 members (excludes halogenated alkanes) is 2. The summed E-state index contributed by atoms with van der Waals surface area (Å²) < 4.78 is 11.8. The molecule has 1 aliphatic heterocycles. The third-order valence-corrected chi connectivity index (χ3v) is 6.79. The normalized spacial score (nSPS) is 15.3. The quantitative estimate of drug-likeness (QED) is 0.210. The maximum Gasteiger partial charge on any atom is 0.254 e. The van der Waals surface area contributed by atoms with E-state index in [4.69, 9.17) is 15.2 Å². The van der Waals surface area contributed by atoms with Crippen LogP contribution in [0, 0.1) is 0 Å². The van der Waals surface area contributed by atoms with Gasteiger partial charge in [0, 0.05) is 25.7 Å². The van der Waals surface area contributed by atoms with E-state index in [2.05, 4.69) is 40.8 Å². The van der Waals surface area contributed by atoms with Gasteiger partial charge in [-0.3, -0.25) is 9.69 Å². The van der Waals surface area contributed by atoms with Gasteiger partial charge in [-0.1, -0.05) is 50.1 Å². The number of pyridine rings is 1. The van der Waals surface area contributed by atoms with Gasteiger partial charge >= 0.3 is 0 Å². The van der Waals surface area contributed by atoms with Crippen LogP contribution in [0.5, 0.6) is 23.1 Å². The number of ether oxygens (including phenoxy) is 2. The van der Waals surface area contributed by atoms with Gasteiger partial charge in [-0.05, 0) is 68.8 Å². The monoisotopic (exact) mass is 514 g/mol. The molecule has 3 aromatic rings. The minimum Gasteiger partial charge on any atom is -0.457 e.